The van der Waals surface area contributed by atoms with Gasteiger partial charge in [0.25, 0.3) is 5.91 Å². The van der Waals surface area contributed by atoms with E-state index in [1.807, 2.05) is 11.0 Å². The number of rotatable bonds is 1. The molecule has 15 heavy (non-hydrogen) atoms. The number of hydrogen-bond acceptors (Lipinski definition) is 2. The van der Waals surface area contributed by atoms with E-state index >= 15 is 0 Å². The summed E-state index contributed by atoms with van der Waals surface area (Å²) < 4.78 is 0. The molecule has 1 aromatic carbocycles. The summed E-state index contributed by atoms with van der Waals surface area (Å²) in [6.45, 7) is 0.727. The predicted octanol–water partition coefficient (Wildman–Crippen LogP) is 1.68. The normalized spacial score (nSPS) is 18.9. The quantitative estimate of drug-likeness (QED) is 0.689. The first kappa shape index (κ1) is 8.49. The van der Waals surface area contributed by atoms with Crippen molar-refractivity contribution in [2.24, 2.45) is 0 Å². The van der Waals surface area contributed by atoms with Crippen LogP contribution in [0.25, 0.3) is 0 Å². The van der Waals surface area contributed by atoms with Crippen LogP contribution in [0.1, 0.15) is 34.3 Å². The molecule has 1 amide bonds. The molecule has 0 saturated heterocycles. The Balaban J connectivity index is 2.02. The summed E-state index contributed by atoms with van der Waals surface area (Å²) in [6, 6.07) is 7.91. The van der Waals surface area contributed by atoms with E-state index in [0.29, 0.717) is 11.6 Å². The predicted molar refractivity (Wildman–Crippen MR) is 54.1 cm³/mol. The molecule has 1 fully saturated rings. The summed E-state index contributed by atoms with van der Waals surface area (Å²) in [7, 11) is 0. The van der Waals surface area contributed by atoms with Crippen LogP contribution in [-0.4, -0.2) is 16.8 Å². The molecule has 1 aliphatic carbocycles. The van der Waals surface area contributed by atoms with Crippen molar-refractivity contribution in [1.82, 2.24) is 4.90 Å². The largest absolute Gasteiger partial charge is 0.331 e. The van der Waals surface area contributed by atoms with Crippen LogP contribution in [0.5, 0.6) is 0 Å². The Bertz CT molecular complexity index is 483. The van der Waals surface area contributed by atoms with Crippen LogP contribution in [0.3, 0.4) is 0 Å². The Labute approximate surface area is 87.9 Å². The molecule has 3 rings (SSSR count). The van der Waals surface area contributed by atoms with Gasteiger partial charge in [-0.2, -0.15) is 5.26 Å². The van der Waals surface area contributed by atoms with Crippen LogP contribution in [0.15, 0.2) is 18.2 Å². The average Bonchev–Trinajstić information content (AvgIpc) is 3.05. The van der Waals surface area contributed by atoms with Gasteiger partial charge < -0.3 is 4.90 Å². The molecule has 74 valence electrons. The highest BCUT2D eigenvalue weighted by molar-refractivity contribution is 5.99. The van der Waals surface area contributed by atoms with Crippen LogP contribution in [0, 0.1) is 11.3 Å². The number of carbonyl (C=O) groups is 1. The molecule has 1 aromatic rings. The summed E-state index contributed by atoms with van der Waals surface area (Å²) in [5, 5.41) is 8.77. The third-order valence-corrected chi connectivity index (χ3v) is 3.06. The van der Waals surface area contributed by atoms with Crippen molar-refractivity contribution in [3.05, 3.63) is 34.9 Å². The van der Waals surface area contributed by atoms with Crippen molar-refractivity contribution in [2.45, 2.75) is 25.4 Å². The zero-order valence-corrected chi connectivity index (χ0v) is 8.23. The fourth-order valence-corrected chi connectivity index (χ4v) is 2.07. The Morgan fingerprint density at radius 1 is 1.40 bits per heavy atom. The Morgan fingerprint density at radius 2 is 2.20 bits per heavy atom. The van der Waals surface area contributed by atoms with Crippen LogP contribution >= 0.6 is 0 Å². The molecule has 3 nitrogen and oxygen atoms in total. The molecular formula is C12H10N2O. The van der Waals surface area contributed by atoms with Gasteiger partial charge in [-0.05, 0) is 30.5 Å². The molecule has 0 radical (unpaired) electrons. The second kappa shape index (κ2) is 2.83. The van der Waals surface area contributed by atoms with Gasteiger partial charge in [0.1, 0.15) is 0 Å². The third-order valence-electron chi connectivity index (χ3n) is 3.06. The van der Waals surface area contributed by atoms with Crippen molar-refractivity contribution < 1.29 is 4.79 Å². The van der Waals surface area contributed by atoms with Crippen LogP contribution in [0.4, 0.5) is 0 Å². The molecule has 0 atom stereocenters. The van der Waals surface area contributed by atoms with E-state index in [-0.39, 0.29) is 5.91 Å². The maximum absolute atomic E-state index is 12.0. The highest BCUT2D eigenvalue weighted by Gasteiger charge is 2.38. The Kier molecular flexibility index (Phi) is 1.60. The van der Waals surface area contributed by atoms with E-state index in [2.05, 4.69) is 6.07 Å². The first-order valence-electron chi connectivity index (χ1n) is 5.13. The number of fused-ring (bicyclic) bond motifs is 1. The zero-order chi connectivity index (χ0) is 10.4. The van der Waals surface area contributed by atoms with Crippen LogP contribution in [-0.2, 0) is 6.54 Å². The first-order valence-corrected chi connectivity index (χ1v) is 5.13. The van der Waals surface area contributed by atoms with Gasteiger partial charge in [0.2, 0.25) is 0 Å². The van der Waals surface area contributed by atoms with E-state index in [1.54, 1.807) is 12.1 Å². The first-order chi connectivity index (χ1) is 7.29. The second-order valence-electron chi connectivity index (χ2n) is 4.15. The van der Waals surface area contributed by atoms with E-state index in [0.717, 1.165) is 30.5 Å². The van der Waals surface area contributed by atoms with Gasteiger partial charge in [-0.15, -0.1) is 0 Å². The second-order valence-corrected chi connectivity index (χ2v) is 4.15. The Hall–Kier alpha value is -1.82. The van der Waals surface area contributed by atoms with Gasteiger partial charge in [-0.25, -0.2) is 0 Å². The van der Waals surface area contributed by atoms with E-state index in [9.17, 15) is 4.79 Å². The maximum Gasteiger partial charge on any atom is 0.254 e. The molecule has 0 unspecified atom stereocenters. The van der Waals surface area contributed by atoms with Gasteiger partial charge in [-0.3, -0.25) is 4.79 Å². The average molecular weight is 198 g/mol. The van der Waals surface area contributed by atoms with Crippen molar-refractivity contribution >= 4 is 5.91 Å². The third kappa shape index (κ3) is 1.22. The molecule has 2 aliphatic rings. The smallest absolute Gasteiger partial charge is 0.254 e. The topological polar surface area (TPSA) is 44.1 Å². The maximum atomic E-state index is 12.0. The molecule has 1 aliphatic heterocycles. The molecule has 0 aromatic heterocycles. The monoisotopic (exact) mass is 198 g/mol. The molecule has 0 bridgehead atoms. The minimum atomic E-state index is 0.101. The van der Waals surface area contributed by atoms with Gasteiger partial charge in [0.15, 0.2) is 0 Å². The molecule has 0 spiro atoms. The number of nitriles is 1. The summed E-state index contributed by atoms with van der Waals surface area (Å²) in [5.74, 6) is 0.101. The van der Waals surface area contributed by atoms with Gasteiger partial charge >= 0.3 is 0 Å². The van der Waals surface area contributed by atoms with Crippen molar-refractivity contribution in [1.29, 1.82) is 5.26 Å². The summed E-state index contributed by atoms with van der Waals surface area (Å²) >= 11 is 0. The number of amides is 1. The molecular weight excluding hydrogens is 188 g/mol. The SMILES string of the molecule is N#Cc1ccc2c(c1)C(=O)N(C1CC1)C2. The zero-order valence-electron chi connectivity index (χ0n) is 8.23. The number of carbonyl (C=O) groups excluding carboxylic acids is 1. The lowest BCUT2D eigenvalue weighted by Gasteiger charge is -2.13. The lowest BCUT2D eigenvalue weighted by atomic mass is 10.1. The lowest BCUT2D eigenvalue weighted by Crippen LogP contribution is -2.25. The summed E-state index contributed by atoms with van der Waals surface area (Å²) in [5.41, 5.74) is 2.35. The summed E-state index contributed by atoms with van der Waals surface area (Å²) in [6.07, 6.45) is 2.26. The molecule has 3 heteroatoms. The standard InChI is InChI=1S/C12H10N2O/c13-6-8-1-2-9-7-14(10-3-4-10)12(15)11(9)5-8/h1-2,5,10H,3-4,7H2. The van der Waals surface area contributed by atoms with E-state index < -0.39 is 0 Å². The number of hydrogen-bond donors (Lipinski definition) is 0. The van der Waals surface area contributed by atoms with Crippen molar-refractivity contribution in [2.75, 3.05) is 0 Å². The minimum Gasteiger partial charge on any atom is -0.331 e. The van der Waals surface area contributed by atoms with Crippen LogP contribution in [0.2, 0.25) is 0 Å². The fourth-order valence-electron chi connectivity index (χ4n) is 2.07. The van der Waals surface area contributed by atoms with E-state index in [4.69, 9.17) is 5.26 Å². The number of nitrogens with zero attached hydrogens (tertiary/aromatic N) is 2. The summed E-state index contributed by atoms with van der Waals surface area (Å²) in [4.78, 5) is 13.9. The minimum absolute atomic E-state index is 0.101. The van der Waals surface area contributed by atoms with Crippen LogP contribution < -0.4 is 0 Å². The van der Waals surface area contributed by atoms with Crippen molar-refractivity contribution in [3.63, 3.8) is 0 Å². The van der Waals surface area contributed by atoms with E-state index in [1.165, 1.54) is 0 Å². The fraction of sp³-hybridized carbons (Fsp3) is 0.333. The van der Waals surface area contributed by atoms with Gasteiger partial charge in [0, 0.05) is 18.2 Å². The molecule has 1 saturated carbocycles. The van der Waals surface area contributed by atoms with Gasteiger partial charge in [-0.1, -0.05) is 6.07 Å². The molecule has 0 N–H and O–H groups in total. The lowest BCUT2D eigenvalue weighted by molar-refractivity contribution is 0.0766. The van der Waals surface area contributed by atoms with Crippen molar-refractivity contribution in [3.8, 4) is 6.07 Å². The highest BCUT2D eigenvalue weighted by Crippen LogP contribution is 2.34. The van der Waals surface area contributed by atoms with Gasteiger partial charge in [0.05, 0.1) is 11.6 Å². The molecule has 1 heterocycles. The Morgan fingerprint density at radius 3 is 2.87 bits per heavy atom. The number of benzene rings is 1. The highest BCUT2D eigenvalue weighted by atomic mass is 16.2.